The van der Waals surface area contributed by atoms with Gasteiger partial charge < -0.3 is 14.7 Å². The van der Waals surface area contributed by atoms with Crippen molar-refractivity contribution in [1.82, 2.24) is 14.5 Å². The Kier molecular flexibility index (Phi) is 5.81. The standard InChI is InChI=1S/C29H28F2N4O3/c1-15(2)25-26(16(3)10-11-32-25)35-20-13-18(22-19(30)8-6-9-21(22)36)24(31)27-23(20)28(33-29(35)37)34-12-5-4-7-17(34)14-38-27/h6,8-11,13,15,17,36H,4-5,7,12,14H2,1-3H3/t17-/m1/s1. The van der Waals surface area contributed by atoms with E-state index in [-0.39, 0.29) is 35.4 Å². The van der Waals surface area contributed by atoms with Gasteiger partial charge in [-0.3, -0.25) is 9.55 Å². The number of phenolic OH excluding ortho intramolecular Hbond substituents is 1. The normalized spacial score (nSPS) is 16.9. The molecule has 0 amide bonds. The summed E-state index contributed by atoms with van der Waals surface area (Å²) in [6.45, 7) is 6.69. The molecule has 0 bridgehead atoms. The first kappa shape index (κ1) is 24.3. The number of nitrogens with zero attached hydrogens (tertiary/aromatic N) is 4. The molecular weight excluding hydrogens is 490 g/mol. The zero-order valence-corrected chi connectivity index (χ0v) is 21.5. The molecule has 2 aromatic heterocycles. The van der Waals surface area contributed by atoms with E-state index in [4.69, 9.17) is 4.74 Å². The van der Waals surface area contributed by atoms with Crippen molar-refractivity contribution in [3.05, 3.63) is 69.9 Å². The van der Waals surface area contributed by atoms with Gasteiger partial charge in [0.05, 0.1) is 33.9 Å². The number of hydrogen-bond donors (Lipinski definition) is 1. The number of benzene rings is 2. The van der Waals surface area contributed by atoms with Gasteiger partial charge in [0, 0.05) is 18.3 Å². The zero-order valence-electron chi connectivity index (χ0n) is 21.5. The van der Waals surface area contributed by atoms with Crippen LogP contribution in [-0.2, 0) is 0 Å². The fourth-order valence-corrected chi connectivity index (χ4v) is 5.75. The number of fused-ring (bicyclic) bond motifs is 2. The van der Waals surface area contributed by atoms with E-state index in [9.17, 15) is 9.90 Å². The molecule has 1 N–H and O–H groups in total. The zero-order chi connectivity index (χ0) is 26.7. The third-order valence-corrected chi connectivity index (χ3v) is 7.56. The van der Waals surface area contributed by atoms with Crippen molar-refractivity contribution in [2.24, 2.45) is 0 Å². The highest BCUT2D eigenvalue weighted by Crippen LogP contribution is 2.46. The molecule has 2 aliphatic rings. The van der Waals surface area contributed by atoms with Gasteiger partial charge in [-0.15, -0.1) is 0 Å². The number of ether oxygens (including phenoxy) is 1. The second-order valence-corrected chi connectivity index (χ2v) is 10.3. The van der Waals surface area contributed by atoms with Gasteiger partial charge in [-0.1, -0.05) is 19.9 Å². The van der Waals surface area contributed by atoms with Crippen molar-refractivity contribution >= 4 is 16.7 Å². The molecule has 7 nitrogen and oxygen atoms in total. The monoisotopic (exact) mass is 518 g/mol. The number of halogens is 2. The van der Waals surface area contributed by atoms with E-state index in [1.54, 1.807) is 12.3 Å². The van der Waals surface area contributed by atoms with Crippen LogP contribution in [0.2, 0.25) is 0 Å². The fraction of sp³-hybridized carbons (Fsp3) is 0.345. The van der Waals surface area contributed by atoms with Crippen LogP contribution in [0.25, 0.3) is 27.7 Å². The minimum atomic E-state index is -0.807. The van der Waals surface area contributed by atoms with Gasteiger partial charge in [0.15, 0.2) is 11.6 Å². The van der Waals surface area contributed by atoms with E-state index in [2.05, 4.69) is 9.97 Å². The number of rotatable bonds is 3. The third kappa shape index (κ3) is 3.63. The van der Waals surface area contributed by atoms with E-state index in [0.29, 0.717) is 34.6 Å². The summed E-state index contributed by atoms with van der Waals surface area (Å²) in [5, 5.41) is 10.9. The number of aryl methyl sites for hydroxylation is 1. The van der Waals surface area contributed by atoms with Crippen molar-refractivity contribution in [2.75, 3.05) is 18.1 Å². The van der Waals surface area contributed by atoms with Crippen molar-refractivity contribution in [2.45, 2.75) is 52.0 Å². The summed E-state index contributed by atoms with van der Waals surface area (Å²) in [4.78, 5) is 25.0. The lowest BCUT2D eigenvalue weighted by molar-refractivity contribution is 0.258. The van der Waals surface area contributed by atoms with Crippen LogP contribution in [0.3, 0.4) is 0 Å². The molecule has 2 aliphatic heterocycles. The van der Waals surface area contributed by atoms with Gasteiger partial charge in [-0.25, -0.2) is 13.6 Å². The number of piperidine rings is 1. The quantitative estimate of drug-likeness (QED) is 0.380. The Morgan fingerprint density at radius 1 is 1.18 bits per heavy atom. The molecule has 6 rings (SSSR count). The molecule has 1 saturated heterocycles. The largest absolute Gasteiger partial charge is 0.507 e. The van der Waals surface area contributed by atoms with Crippen LogP contribution in [0.4, 0.5) is 14.6 Å². The summed E-state index contributed by atoms with van der Waals surface area (Å²) in [6, 6.07) is 6.96. The van der Waals surface area contributed by atoms with E-state index in [1.807, 2.05) is 25.7 Å². The summed E-state index contributed by atoms with van der Waals surface area (Å²) < 4.78 is 38.9. The predicted molar refractivity (Wildman–Crippen MR) is 141 cm³/mol. The van der Waals surface area contributed by atoms with Crippen LogP contribution >= 0.6 is 0 Å². The second kappa shape index (κ2) is 9.08. The van der Waals surface area contributed by atoms with Crippen LogP contribution in [0, 0.1) is 18.6 Å². The van der Waals surface area contributed by atoms with Crippen LogP contribution in [0.15, 0.2) is 41.3 Å². The molecule has 2 aromatic carbocycles. The molecule has 1 fully saturated rings. The number of aromatic nitrogens is 3. The molecule has 4 aromatic rings. The minimum Gasteiger partial charge on any atom is -0.507 e. The highest BCUT2D eigenvalue weighted by molar-refractivity contribution is 6.00. The Morgan fingerprint density at radius 2 is 2.00 bits per heavy atom. The van der Waals surface area contributed by atoms with E-state index < -0.39 is 23.1 Å². The van der Waals surface area contributed by atoms with Crippen molar-refractivity contribution in [3.8, 4) is 28.3 Å². The number of anilines is 1. The number of phenols is 1. The lowest BCUT2D eigenvalue weighted by Crippen LogP contribution is -2.43. The average Bonchev–Trinajstić information content (AvgIpc) is 3.05. The Hall–Kier alpha value is -4.01. The topological polar surface area (TPSA) is 80.5 Å². The van der Waals surface area contributed by atoms with Crippen LogP contribution in [-0.4, -0.2) is 38.8 Å². The van der Waals surface area contributed by atoms with Gasteiger partial charge in [0.25, 0.3) is 0 Å². The van der Waals surface area contributed by atoms with Crippen molar-refractivity contribution in [1.29, 1.82) is 0 Å². The van der Waals surface area contributed by atoms with Gasteiger partial charge in [-0.2, -0.15) is 4.98 Å². The number of pyridine rings is 1. The maximum absolute atomic E-state index is 16.3. The van der Waals surface area contributed by atoms with Crippen LogP contribution in [0.5, 0.6) is 11.5 Å². The minimum absolute atomic E-state index is 0.0278. The molecule has 4 heterocycles. The Balaban J connectivity index is 1.80. The van der Waals surface area contributed by atoms with E-state index in [0.717, 1.165) is 30.9 Å². The predicted octanol–water partition coefficient (Wildman–Crippen LogP) is 5.61. The molecule has 1 atom stereocenters. The first-order chi connectivity index (χ1) is 18.3. The summed E-state index contributed by atoms with van der Waals surface area (Å²) in [5.74, 6) is -1.76. The Labute approximate surface area is 218 Å². The van der Waals surface area contributed by atoms with Gasteiger partial charge in [0.2, 0.25) is 0 Å². The highest BCUT2D eigenvalue weighted by Gasteiger charge is 2.35. The SMILES string of the molecule is Cc1ccnc(C(C)C)c1-n1c(=O)nc2c3c(c(F)c(-c4c(O)cccc4F)cc31)OC[C@H]1CCCCN21. The van der Waals surface area contributed by atoms with E-state index in [1.165, 1.54) is 22.8 Å². The Morgan fingerprint density at radius 3 is 2.76 bits per heavy atom. The van der Waals surface area contributed by atoms with Crippen LogP contribution < -0.4 is 15.3 Å². The van der Waals surface area contributed by atoms with Crippen LogP contribution in [0.1, 0.15) is 50.3 Å². The molecule has 0 aliphatic carbocycles. The smallest absolute Gasteiger partial charge is 0.354 e. The highest BCUT2D eigenvalue weighted by atomic mass is 19.1. The van der Waals surface area contributed by atoms with Gasteiger partial charge >= 0.3 is 5.69 Å². The van der Waals surface area contributed by atoms with Crippen molar-refractivity contribution < 1.29 is 18.6 Å². The molecular formula is C29H28F2N4O3. The number of hydrogen-bond acceptors (Lipinski definition) is 6. The van der Waals surface area contributed by atoms with Gasteiger partial charge in [-0.05, 0) is 61.9 Å². The molecule has 9 heteroatoms. The van der Waals surface area contributed by atoms with Gasteiger partial charge in [0.1, 0.15) is 24.0 Å². The first-order valence-electron chi connectivity index (χ1n) is 12.9. The molecule has 0 spiro atoms. The molecule has 0 unspecified atom stereocenters. The summed E-state index contributed by atoms with van der Waals surface area (Å²) in [7, 11) is 0. The summed E-state index contributed by atoms with van der Waals surface area (Å²) >= 11 is 0. The molecule has 0 saturated carbocycles. The third-order valence-electron chi connectivity index (χ3n) is 7.56. The lowest BCUT2D eigenvalue weighted by Gasteiger charge is -2.35. The maximum Gasteiger partial charge on any atom is 0.354 e. The van der Waals surface area contributed by atoms with Crippen molar-refractivity contribution in [3.63, 3.8) is 0 Å². The lowest BCUT2D eigenvalue weighted by atomic mass is 9.98. The fourth-order valence-electron chi connectivity index (χ4n) is 5.75. The maximum atomic E-state index is 16.3. The molecule has 38 heavy (non-hydrogen) atoms. The molecule has 0 radical (unpaired) electrons. The summed E-state index contributed by atoms with van der Waals surface area (Å²) in [6.07, 6.45) is 4.42. The average molecular weight is 519 g/mol. The van der Waals surface area contributed by atoms with E-state index >= 15 is 8.78 Å². The molecule has 196 valence electrons. The second-order valence-electron chi connectivity index (χ2n) is 10.3. The first-order valence-corrected chi connectivity index (χ1v) is 12.9. The Bertz CT molecular complexity index is 1630. The number of aromatic hydroxyl groups is 1. The summed E-state index contributed by atoms with van der Waals surface area (Å²) in [5.41, 5.74) is 1.30.